The molecular formula is C71H116O34. The van der Waals surface area contributed by atoms with Gasteiger partial charge in [0.2, 0.25) is 6.29 Å². The van der Waals surface area contributed by atoms with Crippen LogP contribution in [0.25, 0.3) is 0 Å². The van der Waals surface area contributed by atoms with Gasteiger partial charge >= 0.3 is 5.97 Å². The Bertz CT molecular complexity index is 3020. The minimum atomic E-state index is -2.07. The molecule has 0 radical (unpaired) electrons. The standard InChI is InChI=1S/C71H116O34/c1-26-39(76)44(81)49(86)59(95-26)99-53-27(2)96-60(51(88)46(53)83)101-55-43(80)34(25-94-58-48(85)40(77)31(73)23-92-58)104-70(11,57(55)90)105-38-15-16-67(8)35(66(38,6)7)14-17-68(9)36(67)13-12-29-30-20-65(4,5)18-19-71(30,37(75)21-69(29,68)10)64(91)103-63-56(41(78)32(74)24-93-63)102-61-52(89)47(84)54(28(3)97-61)100-62-50(87)45(82)42(79)33(22-72)98-62/h12,26-28,30-63,72-90H,13-25H2,1-11H3/t26-,27-,28-,30-,31+,32-,33+,34+,35+,36-,37-,38-,39-,40-,41-,42+,43+,44+,45-,46-,47-,48+,49-,50+,51-,52+,53-,54-,55-,56+,57+,58-,59-,60-,61-,62-,63-,67-,68-,69+,70-,71+/m0/s1. The van der Waals surface area contributed by atoms with Gasteiger partial charge in [0.25, 0.3) is 0 Å². The summed E-state index contributed by atoms with van der Waals surface area (Å²) in [5.74, 6) is -3.56. The normalized spacial score (nSPS) is 55.7. The molecule has 0 spiro atoms. The van der Waals surface area contributed by atoms with Gasteiger partial charge in [-0.3, -0.25) is 4.79 Å². The van der Waals surface area contributed by atoms with Crippen LogP contribution in [-0.2, 0) is 71.1 Å². The van der Waals surface area contributed by atoms with Crippen molar-refractivity contribution in [1.82, 2.24) is 0 Å². The Balaban J connectivity index is 0.763. The topological polar surface area (TPSA) is 531 Å². The van der Waals surface area contributed by atoms with Gasteiger partial charge in [-0.15, -0.1) is 0 Å². The van der Waals surface area contributed by atoms with E-state index in [2.05, 4.69) is 54.5 Å². The predicted molar refractivity (Wildman–Crippen MR) is 350 cm³/mol. The van der Waals surface area contributed by atoms with E-state index < -0.39 is 280 Å². The number of carbonyl (C=O) groups is 1. The lowest BCUT2D eigenvalue weighted by Gasteiger charge is -2.72. The van der Waals surface area contributed by atoms with E-state index in [-0.39, 0.29) is 30.1 Å². The first-order valence-corrected chi connectivity index (χ1v) is 37.2. The maximum Gasteiger partial charge on any atom is 0.317 e. The lowest BCUT2D eigenvalue weighted by molar-refractivity contribution is -0.409. The highest BCUT2D eigenvalue weighted by Gasteiger charge is 2.73. The largest absolute Gasteiger partial charge is 0.432 e. The first-order valence-electron chi connectivity index (χ1n) is 37.2. The highest BCUT2D eigenvalue weighted by Crippen LogP contribution is 2.76. The fourth-order valence-corrected chi connectivity index (χ4v) is 20.6. The number of carbonyl (C=O) groups excluding carboxylic acids is 1. The van der Waals surface area contributed by atoms with Crippen molar-refractivity contribution in [2.75, 3.05) is 26.4 Å². The number of rotatable bonds is 16. The van der Waals surface area contributed by atoms with E-state index in [1.807, 2.05) is 0 Å². The third-order valence-electron chi connectivity index (χ3n) is 27.2. The van der Waals surface area contributed by atoms with E-state index in [9.17, 15) is 97.0 Å². The van der Waals surface area contributed by atoms with Gasteiger partial charge in [-0.05, 0) is 130 Å². The molecule has 0 amide bonds. The Morgan fingerprint density at radius 2 is 1.02 bits per heavy atom. The third kappa shape index (κ3) is 14.2. The van der Waals surface area contributed by atoms with Crippen LogP contribution in [0, 0.1) is 50.2 Å². The van der Waals surface area contributed by atoms with E-state index in [1.54, 1.807) is 0 Å². The molecule has 11 fully saturated rings. The molecule has 604 valence electrons. The van der Waals surface area contributed by atoms with Crippen LogP contribution in [0.3, 0.4) is 0 Å². The van der Waals surface area contributed by atoms with Crippen molar-refractivity contribution in [3.8, 4) is 0 Å². The van der Waals surface area contributed by atoms with Crippen molar-refractivity contribution in [2.45, 2.75) is 348 Å². The monoisotopic (exact) mass is 1510 g/mol. The molecule has 42 atom stereocenters. The lowest BCUT2D eigenvalue weighted by atomic mass is 9.33. The Labute approximate surface area is 608 Å². The van der Waals surface area contributed by atoms with Gasteiger partial charge in [0.05, 0.1) is 56.9 Å². The summed E-state index contributed by atoms with van der Waals surface area (Å²) in [6, 6.07) is 0. The van der Waals surface area contributed by atoms with Crippen LogP contribution in [0.5, 0.6) is 0 Å². The van der Waals surface area contributed by atoms with Gasteiger partial charge in [0.1, 0.15) is 140 Å². The zero-order valence-corrected chi connectivity index (χ0v) is 61.3. The maximum absolute atomic E-state index is 15.6. The van der Waals surface area contributed by atoms with Crippen molar-refractivity contribution in [2.24, 2.45) is 50.2 Å². The molecule has 0 aromatic rings. The van der Waals surface area contributed by atoms with Crippen molar-refractivity contribution >= 4 is 5.97 Å². The molecule has 34 heteroatoms. The summed E-state index contributed by atoms with van der Waals surface area (Å²) in [5.41, 5.74) is -3.20. The fourth-order valence-electron chi connectivity index (χ4n) is 20.6. The molecular weight excluding hydrogens is 1400 g/mol. The highest BCUT2D eigenvalue weighted by atomic mass is 16.8. The molecule has 7 heterocycles. The van der Waals surface area contributed by atoms with E-state index in [1.165, 1.54) is 27.7 Å². The van der Waals surface area contributed by atoms with Gasteiger partial charge < -0.3 is 163 Å². The quantitative estimate of drug-likeness (QED) is 0.0391. The van der Waals surface area contributed by atoms with Gasteiger partial charge in [-0.25, -0.2) is 0 Å². The van der Waals surface area contributed by atoms with Crippen LogP contribution in [0.15, 0.2) is 11.6 Å². The summed E-state index contributed by atoms with van der Waals surface area (Å²) >= 11 is 0. The number of aliphatic hydroxyl groups excluding tert-OH is 19. The zero-order valence-electron chi connectivity index (χ0n) is 61.3. The van der Waals surface area contributed by atoms with Crippen LogP contribution in [-0.4, -0.2) is 344 Å². The highest BCUT2D eigenvalue weighted by molar-refractivity contribution is 5.80. The van der Waals surface area contributed by atoms with Gasteiger partial charge in [-0.2, -0.15) is 0 Å². The number of allylic oxidation sites excluding steroid dienone is 2. The minimum Gasteiger partial charge on any atom is -0.432 e. The Kier molecular flexibility index (Phi) is 23.8. The first-order chi connectivity index (χ1) is 49.0. The third-order valence-corrected chi connectivity index (χ3v) is 27.2. The van der Waals surface area contributed by atoms with E-state index in [0.717, 1.165) is 5.57 Å². The van der Waals surface area contributed by atoms with E-state index >= 15 is 4.79 Å². The van der Waals surface area contributed by atoms with Crippen molar-refractivity contribution < 1.29 is 168 Å². The second-order valence-electron chi connectivity index (χ2n) is 34.5. The number of esters is 1. The average Bonchev–Trinajstić information content (AvgIpc) is 0.669. The molecule has 19 N–H and O–H groups in total. The van der Waals surface area contributed by atoms with Gasteiger partial charge in [0.15, 0.2) is 43.3 Å². The predicted octanol–water partition coefficient (Wildman–Crippen LogP) is -4.84. The number of hydrogen-bond acceptors (Lipinski definition) is 34. The second-order valence-corrected chi connectivity index (χ2v) is 34.5. The minimum absolute atomic E-state index is 0.0119. The number of fused-ring (bicyclic) bond motifs is 7. The van der Waals surface area contributed by atoms with Crippen molar-refractivity contribution in [3.63, 3.8) is 0 Å². The molecule has 4 saturated carbocycles. The van der Waals surface area contributed by atoms with Gasteiger partial charge in [-0.1, -0.05) is 60.1 Å². The summed E-state index contributed by atoms with van der Waals surface area (Å²) in [4.78, 5) is 15.6. The molecule has 34 nitrogen and oxygen atoms in total. The van der Waals surface area contributed by atoms with Crippen LogP contribution < -0.4 is 0 Å². The van der Waals surface area contributed by atoms with Crippen molar-refractivity contribution in [3.05, 3.63) is 11.6 Å². The van der Waals surface area contributed by atoms with E-state index in [4.69, 9.17) is 66.3 Å². The maximum atomic E-state index is 15.6. The second kappa shape index (κ2) is 30.4. The van der Waals surface area contributed by atoms with Gasteiger partial charge in [0, 0.05) is 0 Å². The number of ether oxygens (including phenoxy) is 14. The molecule has 5 aliphatic carbocycles. The Morgan fingerprint density at radius 1 is 0.495 bits per heavy atom. The van der Waals surface area contributed by atoms with Crippen molar-refractivity contribution in [1.29, 1.82) is 0 Å². The summed E-state index contributed by atoms with van der Waals surface area (Å²) < 4.78 is 84.6. The number of hydrogen-bond donors (Lipinski definition) is 19. The average molecular weight is 1510 g/mol. The molecule has 7 aliphatic heterocycles. The Morgan fingerprint density at radius 3 is 1.62 bits per heavy atom. The van der Waals surface area contributed by atoms with E-state index in [0.29, 0.717) is 44.9 Å². The zero-order chi connectivity index (χ0) is 76.8. The molecule has 7 saturated heterocycles. The van der Waals surface area contributed by atoms with Crippen LogP contribution in [0.2, 0.25) is 0 Å². The molecule has 0 unspecified atom stereocenters. The summed E-state index contributed by atoms with van der Waals surface area (Å²) in [6.45, 7) is 18.7. The molecule has 12 aliphatic rings. The summed E-state index contributed by atoms with van der Waals surface area (Å²) in [7, 11) is 0. The van der Waals surface area contributed by atoms with Crippen LogP contribution in [0.4, 0.5) is 0 Å². The molecule has 105 heavy (non-hydrogen) atoms. The molecule has 0 aromatic heterocycles. The Hall–Kier alpha value is -2.07. The molecule has 12 rings (SSSR count). The summed E-state index contributed by atoms with van der Waals surface area (Å²) in [6.07, 6.45) is -48.1. The first kappa shape index (κ1) is 82.4. The molecule has 0 aromatic carbocycles. The van der Waals surface area contributed by atoms with Crippen LogP contribution in [0.1, 0.15) is 134 Å². The summed E-state index contributed by atoms with van der Waals surface area (Å²) in [5, 5.41) is 211. The SMILES string of the molecule is C[C@@H]1O[C@@H](O[C@@H]2[C@@H](O)[C@H](O)[C@H](O[C@H]3[C@H](O)[C@@H](CO[C@@H]4OC[C@@H](O)[C@H](O)[C@H]4O)O[C@@](C)(O[C@H]4CC[C@@]5(C)[C@H](CC[C@@]6(C)[C@H]5CC=C5[C@@H]7CC(C)(C)CC[C@]7(C(=O)O[C@@H]7OC[C@H](O)[C@H](O)[C@H]7O[C@@H]7O[C@@H](C)[C@H](O[C@@H]8O[C@H](CO)[C@@H](O)[C@H](O)[C@H]8O)[C@@H](O)[C@H]7O)[C@@H](O)C[C@]56C)C4(C)C)[C@@H]3O)O[C@H]2C)[C@@H](O)[C@H](O)[C@H]1O. The smallest absolute Gasteiger partial charge is 0.317 e. The number of aliphatic hydroxyl groups is 19. The van der Waals surface area contributed by atoms with Crippen LogP contribution >= 0.6 is 0 Å². The molecule has 0 bridgehead atoms. The fraction of sp³-hybridized carbons (Fsp3) is 0.958. The lowest BCUT2D eigenvalue weighted by Crippen LogP contribution is -2.70.